The van der Waals surface area contributed by atoms with Gasteiger partial charge >= 0.3 is 12.1 Å². The van der Waals surface area contributed by atoms with Gasteiger partial charge in [0.15, 0.2) is 11.5 Å². The van der Waals surface area contributed by atoms with Crippen molar-refractivity contribution in [2.75, 3.05) is 0 Å². The van der Waals surface area contributed by atoms with Gasteiger partial charge in [0.1, 0.15) is 16.9 Å². The van der Waals surface area contributed by atoms with E-state index >= 15 is 0 Å². The molecule has 206 valence electrons. The molecule has 0 fully saturated rings. The Kier molecular flexibility index (Phi) is 6.77. The van der Waals surface area contributed by atoms with Crippen molar-refractivity contribution in [1.82, 2.24) is 4.98 Å². The molecule has 5 rings (SSSR count). The summed E-state index contributed by atoms with van der Waals surface area (Å²) in [6.45, 7) is 5.55. The van der Waals surface area contributed by atoms with E-state index in [1.54, 1.807) is 18.2 Å². The first-order valence-corrected chi connectivity index (χ1v) is 12.7. The fourth-order valence-electron chi connectivity index (χ4n) is 5.13. The van der Waals surface area contributed by atoms with Crippen LogP contribution in [0.15, 0.2) is 80.6 Å². The van der Waals surface area contributed by atoms with Crippen molar-refractivity contribution >= 4 is 22.5 Å². The molecule has 1 aliphatic carbocycles. The quantitative estimate of drug-likeness (QED) is 0.249. The minimum Gasteiger partial charge on any atom is -0.478 e. The number of benzene rings is 1. The van der Waals surface area contributed by atoms with Crippen LogP contribution in [0, 0.1) is 11.3 Å². The van der Waals surface area contributed by atoms with Crippen molar-refractivity contribution in [3.8, 4) is 11.5 Å². The number of carboxylic acids is 1. The van der Waals surface area contributed by atoms with Gasteiger partial charge in [-0.15, -0.1) is 0 Å². The SMILES string of the molecule is C[C@@H](/C=C/Cc1ccccc1C(=O)O)C1=CC(C)(C)Cc2c1oc(-c1cc3cnccc3o1)c(C(F)(F)F)c2=O. The lowest BCUT2D eigenvalue weighted by Gasteiger charge is -2.31. The van der Waals surface area contributed by atoms with Gasteiger partial charge in [0.25, 0.3) is 0 Å². The summed E-state index contributed by atoms with van der Waals surface area (Å²) in [4.78, 5) is 29.0. The molecule has 6 nitrogen and oxygen atoms in total. The lowest BCUT2D eigenvalue weighted by molar-refractivity contribution is -0.139. The number of aromatic carboxylic acids is 1. The number of nitrogens with zero attached hydrogens (tertiary/aromatic N) is 1. The normalized spacial score (nSPS) is 15.7. The monoisotopic (exact) mass is 549 g/mol. The Morgan fingerprint density at radius 3 is 2.62 bits per heavy atom. The number of allylic oxidation sites excluding steroid dienone is 4. The molecule has 0 amide bonds. The summed E-state index contributed by atoms with van der Waals surface area (Å²) in [6, 6.07) is 9.56. The Morgan fingerprint density at radius 1 is 1.18 bits per heavy atom. The van der Waals surface area contributed by atoms with Crippen LogP contribution in [0.4, 0.5) is 13.2 Å². The van der Waals surface area contributed by atoms with Crippen molar-refractivity contribution in [1.29, 1.82) is 0 Å². The number of rotatable bonds is 6. The molecule has 40 heavy (non-hydrogen) atoms. The first-order chi connectivity index (χ1) is 18.9. The van der Waals surface area contributed by atoms with Crippen molar-refractivity contribution in [3.05, 3.63) is 105 Å². The number of fused-ring (bicyclic) bond motifs is 2. The first kappa shape index (κ1) is 27.2. The summed E-state index contributed by atoms with van der Waals surface area (Å²) in [5.41, 5.74) is -1.47. The highest BCUT2D eigenvalue weighted by molar-refractivity contribution is 5.89. The van der Waals surface area contributed by atoms with Crippen LogP contribution in [0.2, 0.25) is 0 Å². The van der Waals surface area contributed by atoms with E-state index in [2.05, 4.69) is 4.98 Å². The number of hydrogen-bond acceptors (Lipinski definition) is 5. The van der Waals surface area contributed by atoms with Crippen LogP contribution in [0.5, 0.6) is 0 Å². The Morgan fingerprint density at radius 2 is 1.93 bits per heavy atom. The van der Waals surface area contributed by atoms with E-state index in [9.17, 15) is 27.9 Å². The van der Waals surface area contributed by atoms with Gasteiger partial charge in [-0.2, -0.15) is 13.2 Å². The molecule has 4 aromatic rings. The molecule has 3 aromatic heterocycles. The topological polar surface area (TPSA) is 93.5 Å². The van der Waals surface area contributed by atoms with E-state index in [0.717, 1.165) is 0 Å². The van der Waals surface area contributed by atoms with E-state index in [-0.39, 0.29) is 35.0 Å². The number of carbonyl (C=O) groups is 1. The Bertz CT molecular complexity index is 1710. The molecule has 1 aliphatic rings. The van der Waals surface area contributed by atoms with E-state index in [4.69, 9.17) is 8.83 Å². The highest BCUT2D eigenvalue weighted by Gasteiger charge is 2.43. The number of carboxylic acid groups (broad SMARTS) is 1. The average molecular weight is 550 g/mol. The molecule has 1 N–H and O–H groups in total. The Hall–Kier alpha value is -4.40. The van der Waals surface area contributed by atoms with E-state index in [1.165, 1.54) is 30.6 Å². The van der Waals surface area contributed by atoms with Crippen LogP contribution < -0.4 is 5.43 Å². The van der Waals surface area contributed by atoms with Crippen LogP contribution >= 0.6 is 0 Å². The highest BCUT2D eigenvalue weighted by Crippen LogP contribution is 2.44. The highest BCUT2D eigenvalue weighted by atomic mass is 19.4. The lowest BCUT2D eigenvalue weighted by Crippen LogP contribution is -2.31. The molecule has 0 radical (unpaired) electrons. The number of alkyl halides is 3. The maximum absolute atomic E-state index is 14.3. The maximum atomic E-state index is 14.3. The van der Waals surface area contributed by atoms with Crippen molar-refractivity contribution < 1.29 is 31.9 Å². The van der Waals surface area contributed by atoms with Crippen LogP contribution in [0.25, 0.3) is 28.1 Å². The number of aromatic nitrogens is 1. The zero-order valence-corrected chi connectivity index (χ0v) is 22.0. The van der Waals surface area contributed by atoms with Crippen LogP contribution in [0.1, 0.15) is 53.6 Å². The van der Waals surface area contributed by atoms with Crippen molar-refractivity contribution in [2.24, 2.45) is 11.3 Å². The van der Waals surface area contributed by atoms with Gasteiger partial charge in [0.2, 0.25) is 5.43 Å². The summed E-state index contributed by atoms with van der Waals surface area (Å²) in [6.07, 6.45) is 3.90. The third-order valence-corrected chi connectivity index (χ3v) is 6.97. The van der Waals surface area contributed by atoms with Crippen molar-refractivity contribution in [3.63, 3.8) is 0 Å². The number of pyridine rings is 1. The van der Waals surface area contributed by atoms with E-state index < -0.39 is 34.3 Å². The van der Waals surface area contributed by atoms with Crippen LogP contribution in [0.3, 0.4) is 0 Å². The zero-order chi connectivity index (χ0) is 28.8. The maximum Gasteiger partial charge on any atom is 0.423 e. The molecule has 1 aromatic carbocycles. The minimum atomic E-state index is -4.98. The second-order valence-corrected chi connectivity index (χ2v) is 10.6. The van der Waals surface area contributed by atoms with Crippen LogP contribution in [-0.2, 0) is 19.0 Å². The predicted octanol–water partition coefficient (Wildman–Crippen LogP) is 7.57. The zero-order valence-electron chi connectivity index (χ0n) is 22.0. The van der Waals surface area contributed by atoms with Gasteiger partial charge in [0.05, 0.1) is 5.56 Å². The van der Waals surface area contributed by atoms with Gasteiger partial charge in [-0.1, -0.05) is 57.2 Å². The molecule has 0 saturated carbocycles. The molecule has 1 atom stereocenters. The molecule has 0 aliphatic heterocycles. The number of furan rings is 1. The summed E-state index contributed by atoms with van der Waals surface area (Å²) in [7, 11) is 0. The van der Waals surface area contributed by atoms with E-state index in [0.29, 0.717) is 28.5 Å². The third-order valence-electron chi connectivity index (χ3n) is 6.97. The first-order valence-electron chi connectivity index (χ1n) is 12.7. The second kappa shape index (κ2) is 9.97. The lowest BCUT2D eigenvalue weighted by atomic mass is 9.75. The van der Waals surface area contributed by atoms with Gasteiger partial charge in [-0.05, 0) is 47.6 Å². The van der Waals surface area contributed by atoms with Gasteiger partial charge in [-0.25, -0.2) is 4.79 Å². The standard InChI is InChI=1S/C31H26F3NO5/c1-17(7-6-9-18-8-4-5-10-20(18)29(37)38)21-14-30(2,3)15-22-26(36)25(31(32,33)34)28(40-27(21)22)24-13-19-16-35-12-11-23(19)39-24/h4-8,10-14,16-17H,9,15H2,1-3H3,(H,37,38)/b7-6+/t17-/m0/s1. The van der Waals surface area contributed by atoms with Crippen LogP contribution in [-0.4, -0.2) is 16.1 Å². The molecule has 0 saturated heterocycles. The largest absolute Gasteiger partial charge is 0.478 e. The predicted molar refractivity (Wildman–Crippen MR) is 144 cm³/mol. The molecular formula is C31H26F3NO5. The fraction of sp³-hybridized carbons (Fsp3) is 0.258. The Balaban J connectivity index is 1.61. The Labute approximate surface area is 227 Å². The fourth-order valence-corrected chi connectivity index (χ4v) is 5.13. The third kappa shape index (κ3) is 5.11. The second-order valence-electron chi connectivity index (χ2n) is 10.6. The molecule has 0 unspecified atom stereocenters. The van der Waals surface area contributed by atoms with E-state index in [1.807, 2.05) is 39.0 Å². The average Bonchev–Trinajstić information content (AvgIpc) is 3.32. The molecule has 3 heterocycles. The van der Waals surface area contributed by atoms with Crippen molar-refractivity contribution in [2.45, 2.75) is 39.8 Å². The molecule has 0 spiro atoms. The molecular weight excluding hydrogens is 523 g/mol. The summed E-state index contributed by atoms with van der Waals surface area (Å²) < 4.78 is 54.6. The van der Waals surface area contributed by atoms with Gasteiger partial charge in [-0.3, -0.25) is 9.78 Å². The summed E-state index contributed by atoms with van der Waals surface area (Å²) in [5, 5.41) is 9.92. The number of halogens is 3. The summed E-state index contributed by atoms with van der Waals surface area (Å²) in [5.74, 6) is -2.19. The smallest absolute Gasteiger partial charge is 0.423 e. The number of hydrogen-bond donors (Lipinski definition) is 1. The van der Waals surface area contributed by atoms with Gasteiger partial charge in [0, 0.05) is 29.3 Å². The summed E-state index contributed by atoms with van der Waals surface area (Å²) >= 11 is 0. The minimum absolute atomic E-state index is 0.0344. The molecule has 9 heteroatoms. The molecule has 0 bridgehead atoms. The van der Waals surface area contributed by atoms with Gasteiger partial charge < -0.3 is 13.9 Å².